The maximum absolute atomic E-state index is 13.8. The van der Waals surface area contributed by atoms with Gasteiger partial charge in [0.25, 0.3) is 0 Å². The molecule has 8 heteroatoms. The zero-order valence-electron chi connectivity index (χ0n) is 14.7. The van der Waals surface area contributed by atoms with Crippen molar-refractivity contribution in [1.29, 1.82) is 0 Å². The molecule has 0 radical (unpaired) electrons. The van der Waals surface area contributed by atoms with Crippen LogP contribution in [-0.2, 0) is 6.54 Å². The van der Waals surface area contributed by atoms with Crippen LogP contribution in [0.1, 0.15) is 11.1 Å². The minimum absolute atomic E-state index is 0.104. The second kappa shape index (κ2) is 9.12. The van der Waals surface area contributed by atoms with Crippen molar-refractivity contribution in [2.45, 2.75) is 6.54 Å². The lowest BCUT2D eigenvalue weighted by molar-refractivity contribution is 0.246. The predicted molar refractivity (Wildman–Crippen MR) is 113 cm³/mol. The average molecular weight is 406 g/mol. The van der Waals surface area contributed by atoms with Gasteiger partial charge in [-0.3, -0.25) is 10.3 Å². The molecule has 1 heterocycles. The van der Waals surface area contributed by atoms with Crippen LogP contribution >= 0.6 is 23.8 Å². The first-order valence-corrected chi connectivity index (χ1v) is 9.40. The van der Waals surface area contributed by atoms with Crippen molar-refractivity contribution in [2.24, 2.45) is 10.8 Å². The highest BCUT2D eigenvalue weighted by Gasteiger charge is 2.18. The van der Waals surface area contributed by atoms with Crippen LogP contribution in [0.15, 0.2) is 47.6 Å². The number of nitrogens with one attached hydrogen (secondary N) is 1. The van der Waals surface area contributed by atoms with Crippen molar-refractivity contribution >= 4 is 40.8 Å². The molecule has 5 nitrogen and oxygen atoms in total. The third-order valence-corrected chi connectivity index (χ3v) is 4.87. The fraction of sp³-hybridized carbons (Fsp3) is 0.263. The van der Waals surface area contributed by atoms with Gasteiger partial charge in [-0.25, -0.2) is 4.39 Å². The van der Waals surface area contributed by atoms with Gasteiger partial charge < -0.3 is 10.6 Å². The summed E-state index contributed by atoms with van der Waals surface area (Å²) in [4.78, 5) is 4.54. The van der Waals surface area contributed by atoms with E-state index < -0.39 is 0 Å². The molecule has 0 aromatic heterocycles. The number of hydrogen-bond acceptors (Lipinski definition) is 4. The highest BCUT2D eigenvalue weighted by Crippen LogP contribution is 2.24. The van der Waals surface area contributed by atoms with E-state index in [1.54, 1.807) is 12.3 Å². The van der Waals surface area contributed by atoms with Crippen LogP contribution in [0.3, 0.4) is 0 Å². The molecule has 1 fully saturated rings. The van der Waals surface area contributed by atoms with Crippen LogP contribution in [-0.4, -0.2) is 42.4 Å². The predicted octanol–water partition coefficient (Wildman–Crippen LogP) is 2.97. The largest absolute Gasteiger partial charge is 0.375 e. The van der Waals surface area contributed by atoms with Crippen molar-refractivity contribution in [3.63, 3.8) is 0 Å². The van der Waals surface area contributed by atoms with Crippen LogP contribution in [0.25, 0.3) is 0 Å². The van der Waals surface area contributed by atoms with Gasteiger partial charge in [-0.05, 0) is 36.5 Å². The summed E-state index contributed by atoms with van der Waals surface area (Å²) >= 11 is 11.1. The Kier molecular flexibility index (Phi) is 6.60. The normalized spacial score (nSPS) is 15.3. The number of hydrazone groups is 1. The first kappa shape index (κ1) is 19.5. The van der Waals surface area contributed by atoms with Crippen molar-refractivity contribution in [3.05, 3.63) is 64.4 Å². The molecule has 0 bridgehead atoms. The maximum atomic E-state index is 13.8. The number of nitrogens with two attached hydrogens (primary N) is 1. The summed E-state index contributed by atoms with van der Waals surface area (Å²) in [6.45, 7) is 4.09. The Morgan fingerprint density at radius 2 is 1.96 bits per heavy atom. The number of benzene rings is 2. The summed E-state index contributed by atoms with van der Waals surface area (Å²) in [7, 11) is 0. The van der Waals surface area contributed by atoms with Crippen LogP contribution in [0.5, 0.6) is 0 Å². The van der Waals surface area contributed by atoms with E-state index in [1.807, 2.05) is 30.3 Å². The van der Waals surface area contributed by atoms with E-state index >= 15 is 0 Å². The van der Waals surface area contributed by atoms with Crippen LogP contribution in [0.4, 0.5) is 10.1 Å². The van der Waals surface area contributed by atoms with E-state index in [-0.39, 0.29) is 10.9 Å². The Hall–Kier alpha value is -2.22. The molecule has 1 aliphatic rings. The Labute approximate surface area is 168 Å². The molecule has 1 saturated heterocycles. The Morgan fingerprint density at radius 3 is 2.63 bits per heavy atom. The molecular weight excluding hydrogens is 385 g/mol. The van der Waals surface area contributed by atoms with Gasteiger partial charge in [0, 0.05) is 49.5 Å². The second-order valence-electron chi connectivity index (χ2n) is 6.29. The molecule has 0 amide bonds. The number of thiocarbonyl (C=S) groups is 1. The van der Waals surface area contributed by atoms with Crippen molar-refractivity contribution in [2.75, 3.05) is 31.1 Å². The number of anilines is 1. The van der Waals surface area contributed by atoms with Crippen LogP contribution in [0, 0.1) is 5.82 Å². The lowest BCUT2D eigenvalue weighted by Gasteiger charge is -2.36. The summed E-state index contributed by atoms with van der Waals surface area (Å²) in [5, 5.41) is 4.63. The molecule has 2 aromatic carbocycles. The van der Waals surface area contributed by atoms with E-state index in [1.165, 1.54) is 6.07 Å². The Morgan fingerprint density at radius 1 is 1.22 bits per heavy atom. The lowest BCUT2D eigenvalue weighted by Crippen LogP contribution is -2.46. The van der Waals surface area contributed by atoms with Gasteiger partial charge in [-0.15, -0.1) is 0 Å². The van der Waals surface area contributed by atoms with Gasteiger partial charge in [-0.1, -0.05) is 29.8 Å². The monoisotopic (exact) mass is 405 g/mol. The topological polar surface area (TPSA) is 56.9 Å². The lowest BCUT2D eigenvalue weighted by atomic mass is 10.1. The van der Waals surface area contributed by atoms with Crippen molar-refractivity contribution in [1.82, 2.24) is 10.3 Å². The summed E-state index contributed by atoms with van der Waals surface area (Å²) in [6, 6.07) is 12.8. The van der Waals surface area contributed by atoms with Crippen LogP contribution in [0.2, 0.25) is 5.02 Å². The number of halogens is 2. The Balaban J connectivity index is 1.58. The molecule has 142 valence electrons. The van der Waals surface area contributed by atoms with Crippen LogP contribution < -0.4 is 16.1 Å². The van der Waals surface area contributed by atoms with Gasteiger partial charge in [0.05, 0.1) is 11.2 Å². The first-order chi connectivity index (χ1) is 13.0. The van der Waals surface area contributed by atoms with Crippen molar-refractivity contribution < 1.29 is 4.39 Å². The summed E-state index contributed by atoms with van der Waals surface area (Å²) in [6.07, 6.45) is 1.58. The Bertz CT molecular complexity index is 837. The van der Waals surface area contributed by atoms with E-state index in [2.05, 4.69) is 20.3 Å². The minimum atomic E-state index is -0.145. The molecule has 0 unspecified atom stereocenters. The minimum Gasteiger partial charge on any atom is -0.375 e. The molecule has 0 atom stereocenters. The average Bonchev–Trinajstić information content (AvgIpc) is 2.65. The summed E-state index contributed by atoms with van der Waals surface area (Å²) in [5.41, 5.74) is 10.4. The molecule has 3 N–H and O–H groups in total. The first-order valence-electron chi connectivity index (χ1n) is 8.61. The van der Waals surface area contributed by atoms with E-state index in [9.17, 15) is 4.39 Å². The highest BCUT2D eigenvalue weighted by molar-refractivity contribution is 7.80. The van der Waals surface area contributed by atoms with Gasteiger partial charge in [0.1, 0.15) is 5.82 Å². The maximum Gasteiger partial charge on any atom is 0.184 e. The quantitative estimate of drug-likeness (QED) is 0.455. The molecule has 2 aromatic rings. The molecule has 0 spiro atoms. The number of hydrogen-bond donors (Lipinski definition) is 2. The summed E-state index contributed by atoms with van der Waals surface area (Å²) in [5.74, 6) is -0.145. The highest BCUT2D eigenvalue weighted by atomic mass is 35.5. The van der Waals surface area contributed by atoms with E-state index in [4.69, 9.17) is 29.6 Å². The third kappa shape index (κ3) is 5.38. The number of rotatable bonds is 5. The fourth-order valence-corrected chi connectivity index (χ4v) is 3.29. The van der Waals surface area contributed by atoms with E-state index in [0.29, 0.717) is 11.6 Å². The molecule has 3 rings (SSSR count). The molecule has 0 aliphatic carbocycles. The van der Waals surface area contributed by atoms with E-state index in [0.717, 1.165) is 43.0 Å². The van der Waals surface area contributed by atoms with Crippen molar-refractivity contribution in [3.8, 4) is 0 Å². The van der Waals surface area contributed by atoms with Gasteiger partial charge in [0.2, 0.25) is 0 Å². The standard InChI is InChI=1S/C19H21ClFN5S/c20-17-11-16(6-5-14(17)12-23-24-19(22)27)26-9-7-25(8-10-26)13-15-3-1-2-4-18(15)21/h1-6,11-12H,7-10,13H2,(H3,22,24,27). The van der Waals surface area contributed by atoms with Gasteiger partial charge >= 0.3 is 0 Å². The fourth-order valence-electron chi connectivity index (χ4n) is 3.01. The smallest absolute Gasteiger partial charge is 0.184 e. The number of piperazine rings is 1. The molecule has 0 saturated carbocycles. The SMILES string of the molecule is NC(=S)NN=Cc1ccc(N2CCN(Cc3ccccc3F)CC2)cc1Cl. The second-order valence-corrected chi connectivity index (χ2v) is 7.14. The zero-order valence-corrected chi connectivity index (χ0v) is 16.3. The van der Waals surface area contributed by atoms with Gasteiger partial charge in [0.15, 0.2) is 5.11 Å². The van der Waals surface area contributed by atoms with Gasteiger partial charge in [-0.2, -0.15) is 5.10 Å². The third-order valence-electron chi connectivity index (χ3n) is 4.45. The zero-order chi connectivity index (χ0) is 19.2. The molecule has 27 heavy (non-hydrogen) atoms. The molecule has 1 aliphatic heterocycles. The summed E-state index contributed by atoms with van der Waals surface area (Å²) < 4.78 is 13.8. The molecular formula is C19H21ClFN5S. The number of nitrogens with zero attached hydrogens (tertiary/aromatic N) is 3.